The highest BCUT2D eigenvalue weighted by Crippen LogP contribution is 2.27. The zero-order chi connectivity index (χ0) is 21.0. The van der Waals surface area contributed by atoms with Gasteiger partial charge in [0.25, 0.3) is 0 Å². The van der Waals surface area contributed by atoms with Gasteiger partial charge >= 0.3 is 6.61 Å². The third-order valence-electron chi connectivity index (χ3n) is 4.76. The molecule has 1 fully saturated rings. The number of nitrogens with zero attached hydrogens (tertiary/aromatic N) is 5. The number of carbonyl (C=O) groups excluding carboxylic acids is 1. The first-order chi connectivity index (χ1) is 13.9. The van der Waals surface area contributed by atoms with Gasteiger partial charge < -0.3 is 20.4 Å². The van der Waals surface area contributed by atoms with Crippen molar-refractivity contribution in [2.75, 3.05) is 38.6 Å². The van der Waals surface area contributed by atoms with Crippen LogP contribution in [0.5, 0.6) is 5.75 Å². The van der Waals surface area contributed by atoms with Crippen molar-refractivity contribution in [2.24, 2.45) is 0 Å². The van der Waals surface area contributed by atoms with Gasteiger partial charge in [0.15, 0.2) is 5.82 Å². The number of halogens is 2. The molecule has 1 aromatic carbocycles. The molecular weight excluding hydrogens is 402 g/mol. The summed E-state index contributed by atoms with van der Waals surface area (Å²) >= 11 is 1.24. The molecule has 0 saturated carbocycles. The molecule has 8 nitrogen and oxygen atoms in total. The zero-order valence-electron chi connectivity index (χ0n) is 16.3. The Hall–Kier alpha value is -2.40. The number of thioether (sulfide) groups is 1. The molecule has 0 spiro atoms. The topological polar surface area (TPSA) is 89.5 Å². The van der Waals surface area contributed by atoms with Crippen molar-refractivity contribution < 1.29 is 18.3 Å². The number of hydrogen-bond acceptors (Lipinski definition) is 7. The Morgan fingerprint density at radius 2 is 1.86 bits per heavy atom. The van der Waals surface area contributed by atoms with E-state index in [9.17, 15) is 13.6 Å². The van der Waals surface area contributed by atoms with Gasteiger partial charge in [-0.2, -0.15) is 8.78 Å². The minimum Gasteiger partial charge on any atom is -0.435 e. The maximum Gasteiger partial charge on any atom is 0.387 e. The van der Waals surface area contributed by atoms with Gasteiger partial charge in [-0.15, -0.1) is 10.2 Å². The van der Waals surface area contributed by atoms with E-state index in [1.54, 1.807) is 12.1 Å². The van der Waals surface area contributed by atoms with Crippen LogP contribution in [-0.2, 0) is 4.79 Å². The molecule has 1 saturated heterocycles. The summed E-state index contributed by atoms with van der Waals surface area (Å²) in [4.78, 5) is 16.9. The monoisotopic (exact) mass is 426 g/mol. The Kier molecular flexibility index (Phi) is 6.91. The molecule has 3 rings (SSSR count). The maximum atomic E-state index is 12.7. The van der Waals surface area contributed by atoms with E-state index in [1.807, 2.05) is 11.8 Å². The van der Waals surface area contributed by atoms with Crippen LogP contribution >= 0.6 is 11.8 Å². The van der Waals surface area contributed by atoms with Crippen LogP contribution in [0, 0.1) is 0 Å². The van der Waals surface area contributed by atoms with Crippen LogP contribution in [0.25, 0.3) is 11.4 Å². The van der Waals surface area contributed by atoms with Gasteiger partial charge in [0, 0.05) is 31.7 Å². The average molecular weight is 426 g/mol. The molecule has 1 aromatic heterocycles. The lowest BCUT2D eigenvalue weighted by Gasteiger charge is -2.35. The predicted molar refractivity (Wildman–Crippen MR) is 106 cm³/mol. The Bertz CT molecular complexity index is 824. The van der Waals surface area contributed by atoms with E-state index in [4.69, 9.17) is 5.84 Å². The molecule has 11 heteroatoms. The maximum absolute atomic E-state index is 12.7. The Morgan fingerprint density at radius 3 is 2.45 bits per heavy atom. The summed E-state index contributed by atoms with van der Waals surface area (Å²) < 4.78 is 30.2. The second-order valence-electron chi connectivity index (χ2n) is 6.60. The third kappa shape index (κ3) is 5.15. The molecule has 1 aliphatic heterocycles. The normalized spacial score (nSPS) is 16.2. The zero-order valence-corrected chi connectivity index (χ0v) is 17.1. The van der Waals surface area contributed by atoms with Crippen molar-refractivity contribution in [2.45, 2.75) is 30.9 Å². The number of rotatable bonds is 7. The van der Waals surface area contributed by atoms with Gasteiger partial charge in [-0.05, 0) is 37.7 Å². The molecule has 0 radical (unpaired) electrons. The molecule has 1 unspecified atom stereocenters. The number of hydrogen-bond donors (Lipinski definition) is 1. The van der Waals surface area contributed by atoms with E-state index < -0.39 is 6.61 Å². The fraction of sp³-hybridized carbons (Fsp3) is 0.500. The molecule has 2 aromatic rings. The quantitative estimate of drug-likeness (QED) is 0.534. The lowest BCUT2D eigenvalue weighted by molar-refractivity contribution is -0.132. The van der Waals surface area contributed by atoms with Crippen LogP contribution in [0.4, 0.5) is 8.78 Å². The summed E-state index contributed by atoms with van der Waals surface area (Å²) in [7, 11) is 0. The van der Waals surface area contributed by atoms with Gasteiger partial charge in [0.1, 0.15) is 5.75 Å². The molecule has 0 bridgehead atoms. The number of carbonyl (C=O) groups is 1. The molecule has 1 amide bonds. The van der Waals surface area contributed by atoms with Crippen LogP contribution in [-0.4, -0.2) is 75.2 Å². The molecule has 0 aliphatic carbocycles. The first-order valence-electron chi connectivity index (χ1n) is 9.32. The molecule has 158 valence electrons. The van der Waals surface area contributed by atoms with E-state index in [1.165, 1.54) is 28.6 Å². The average Bonchev–Trinajstić information content (AvgIpc) is 3.08. The lowest BCUT2D eigenvalue weighted by Crippen LogP contribution is -2.50. The lowest BCUT2D eigenvalue weighted by atomic mass is 10.2. The summed E-state index contributed by atoms with van der Waals surface area (Å²) in [6.45, 7) is 5.22. The standard InChI is InChI=1S/C18H24F2N6O2S/c1-3-24-8-10-25(11-9-24)16(27)12(2)29-18-23-22-15(26(18)21)13-4-6-14(7-5-13)28-17(19)20/h4-7,12,17H,3,8-11,21H2,1-2H3. The first-order valence-corrected chi connectivity index (χ1v) is 10.2. The number of aromatic nitrogens is 3. The van der Waals surface area contributed by atoms with Crippen molar-refractivity contribution in [3.63, 3.8) is 0 Å². The highest BCUT2D eigenvalue weighted by Gasteiger charge is 2.26. The van der Waals surface area contributed by atoms with E-state index >= 15 is 0 Å². The summed E-state index contributed by atoms with van der Waals surface area (Å²) in [6, 6.07) is 5.96. The highest BCUT2D eigenvalue weighted by atomic mass is 32.2. The van der Waals surface area contributed by atoms with Crippen LogP contribution in [0.15, 0.2) is 29.4 Å². The van der Waals surface area contributed by atoms with Gasteiger partial charge in [-0.25, -0.2) is 4.68 Å². The largest absolute Gasteiger partial charge is 0.435 e. The van der Waals surface area contributed by atoms with Crippen molar-refractivity contribution in [3.8, 4) is 17.1 Å². The number of benzene rings is 1. The number of ether oxygens (including phenoxy) is 1. The van der Waals surface area contributed by atoms with E-state index in [0.29, 0.717) is 29.6 Å². The molecule has 1 atom stereocenters. The van der Waals surface area contributed by atoms with E-state index in [-0.39, 0.29) is 16.9 Å². The second-order valence-corrected chi connectivity index (χ2v) is 7.91. The number of alkyl halides is 2. The minimum absolute atomic E-state index is 0.0452. The number of piperazine rings is 1. The van der Waals surface area contributed by atoms with Crippen LogP contribution in [0.1, 0.15) is 13.8 Å². The van der Waals surface area contributed by atoms with Crippen LogP contribution < -0.4 is 10.6 Å². The number of likely N-dealkylation sites (N-methyl/N-ethyl adjacent to an activating group) is 1. The fourth-order valence-corrected chi connectivity index (χ4v) is 3.94. The molecule has 1 aliphatic rings. The number of nitrogens with two attached hydrogens (primary N) is 1. The van der Waals surface area contributed by atoms with Crippen molar-refractivity contribution in [1.82, 2.24) is 24.7 Å². The van der Waals surface area contributed by atoms with Gasteiger partial charge in [0.05, 0.1) is 5.25 Å². The van der Waals surface area contributed by atoms with Crippen molar-refractivity contribution in [3.05, 3.63) is 24.3 Å². The summed E-state index contributed by atoms with van der Waals surface area (Å²) in [5, 5.41) is 8.19. The first kappa shape index (κ1) is 21.3. The van der Waals surface area contributed by atoms with Crippen molar-refractivity contribution >= 4 is 17.7 Å². The van der Waals surface area contributed by atoms with E-state index in [0.717, 1.165) is 19.6 Å². The fourth-order valence-electron chi connectivity index (χ4n) is 3.09. The third-order valence-corrected chi connectivity index (χ3v) is 5.81. The minimum atomic E-state index is -2.88. The second kappa shape index (κ2) is 9.40. The van der Waals surface area contributed by atoms with Crippen molar-refractivity contribution in [1.29, 1.82) is 0 Å². The van der Waals surface area contributed by atoms with Gasteiger partial charge in [0.2, 0.25) is 11.1 Å². The SMILES string of the molecule is CCN1CCN(C(=O)C(C)Sc2nnc(-c3ccc(OC(F)F)cc3)n2N)CC1. The summed E-state index contributed by atoms with van der Waals surface area (Å²) in [5.41, 5.74) is 0.600. The Labute approximate surface area is 172 Å². The summed E-state index contributed by atoms with van der Waals surface area (Å²) in [6.07, 6.45) is 0. The number of amides is 1. The summed E-state index contributed by atoms with van der Waals surface area (Å²) in [5.74, 6) is 6.56. The molecule has 29 heavy (non-hydrogen) atoms. The van der Waals surface area contributed by atoms with Crippen LogP contribution in [0.2, 0.25) is 0 Å². The Morgan fingerprint density at radius 1 is 1.21 bits per heavy atom. The van der Waals surface area contributed by atoms with Gasteiger partial charge in [-0.1, -0.05) is 18.7 Å². The molecular formula is C18H24F2N6O2S. The number of nitrogen functional groups attached to an aromatic ring is 1. The van der Waals surface area contributed by atoms with Gasteiger partial charge in [-0.3, -0.25) is 4.79 Å². The van der Waals surface area contributed by atoms with E-state index in [2.05, 4.69) is 26.8 Å². The Balaban J connectivity index is 1.64. The molecule has 2 N–H and O–H groups in total. The highest BCUT2D eigenvalue weighted by molar-refractivity contribution is 8.00. The smallest absolute Gasteiger partial charge is 0.387 e. The van der Waals surface area contributed by atoms with Crippen LogP contribution in [0.3, 0.4) is 0 Å². The predicted octanol–water partition coefficient (Wildman–Crippen LogP) is 1.90. The molecule has 2 heterocycles.